The highest BCUT2D eigenvalue weighted by Gasteiger charge is 2.25. The second-order valence-electron chi connectivity index (χ2n) is 3.35. The van der Waals surface area contributed by atoms with Crippen LogP contribution in [0, 0.1) is 0 Å². The molecule has 0 aliphatic carbocycles. The first-order chi connectivity index (χ1) is 6.44. The Morgan fingerprint density at radius 3 is 2.50 bits per heavy atom. The van der Waals surface area contributed by atoms with E-state index in [9.17, 15) is 9.59 Å². The summed E-state index contributed by atoms with van der Waals surface area (Å²) in [5.41, 5.74) is 4.82. The molecule has 0 saturated carbocycles. The van der Waals surface area contributed by atoms with Gasteiger partial charge in [0.05, 0.1) is 19.1 Å². The largest absolute Gasteiger partial charge is 0.469 e. The minimum Gasteiger partial charge on any atom is -0.469 e. The molecule has 5 heteroatoms. The summed E-state index contributed by atoms with van der Waals surface area (Å²) in [6, 6.07) is 0. The van der Waals surface area contributed by atoms with Crippen molar-refractivity contribution in [3.05, 3.63) is 0 Å². The molecule has 0 aliphatic rings. The van der Waals surface area contributed by atoms with E-state index in [-0.39, 0.29) is 24.8 Å². The Labute approximate surface area is 84.0 Å². The Bertz CT molecular complexity index is 214. The Balaban J connectivity index is 3.80. The molecular formula is C9H18N2O3. The van der Waals surface area contributed by atoms with Gasteiger partial charge in [0.1, 0.15) is 0 Å². The van der Waals surface area contributed by atoms with E-state index < -0.39 is 5.54 Å². The first-order valence-electron chi connectivity index (χ1n) is 4.58. The monoisotopic (exact) mass is 202 g/mol. The van der Waals surface area contributed by atoms with Crippen LogP contribution in [0.4, 0.5) is 0 Å². The number of nitrogens with two attached hydrogens (primary N) is 1. The van der Waals surface area contributed by atoms with Crippen LogP contribution in [0.25, 0.3) is 0 Å². The van der Waals surface area contributed by atoms with Crippen molar-refractivity contribution in [2.75, 3.05) is 13.7 Å². The maximum atomic E-state index is 11.4. The maximum Gasteiger partial charge on any atom is 0.307 e. The summed E-state index contributed by atoms with van der Waals surface area (Å²) in [7, 11) is 1.31. The number of ether oxygens (including phenoxy) is 1. The molecule has 0 spiro atoms. The topological polar surface area (TPSA) is 81.4 Å². The Kier molecular flexibility index (Phi) is 5.15. The predicted octanol–water partition coefficient (Wildman–Crippen LogP) is -0.207. The number of amides is 1. The number of nitrogens with one attached hydrogen (secondary N) is 1. The SMILES string of the molecule is CCC(C)(N)C(=O)NCCC(=O)OC. The van der Waals surface area contributed by atoms with E-state index in [4.69, 9.17) is 5.73 Å². The van der Waals surface area contributed by atoms with E-state index in [1.54, 1.807) is 6.92 Å². The lowest BCUT2D eigenvalue weighted by Gasteiger charge is -2.21. The van der Waals surface area contributed by atoms with Crippen molar-refractivity contribution in [3.8, 4) is 0 Å². The predicted molar refractivity (Wildman–Crippen MR) is 52.5 cm³/mol. The van der Waals surface area contributed by atoms with Crippen molar-refractivity contribution in [1.29, 1.82) is 0 Å². The summed E-state index contributed by atoms with van der Waals surface area (Å²) in [6.45, 7) is 3.75. The van der Waals surface area contributed by atoms with Gasteiger partial charge in [0.15, 0.2) is 0 Å². The number of carbonyl (C=O) groups excluding carboxylic acids is 2. The molecule has 0 aromatic carbocycles. The van der Waals surface area contributed by atoms with Crippen molar-refractivity contribution < 1.29 is 14.3 Å². The second kappa shape index (κ2) is 5.59. The zero-order valence-corrected chi connectivity index (χ0v) is 8.92. The molecular weight excluding hydrogens is 184 g/mol. The molecule has 3 N–H and O–H groups in total. The van der Waals surface area contributed by atoms with Gasteiger partial charge in [0, 0.05) is 6.54 Å². The first-order valence-corrected chi connectivity index (χ1v) is 4.58. The molecule has 0 heterocycles. The van der Waals surface area contributed by atoms with Gasteiger partial charge in [-0.1, -0.05) is 6.92 Å². The van der Waals surface area contributed by atoms with Crippen LogP contribution in [0.3, 0.4) is 0 Å². The van der Waals surface area contributed by atoms with E-state index in [2.05, 4.69) is 10.1 Å². The highest BCUT2D eigenvalue weighted by molar-refractivity contribution is 5.85. The third-order valence-electron chi connectivity index (χ3n) is 2.10. The normalized spacial score (nSPS) is 14.3. The van der Waals surface area contributed by atoms with Gasteiger partial charge in [-0.2, -0.15) is 0 Å². The fraction of sp³-hybridized carbons (Fsp3) is 0.778. The van der Waals surface area contributed by atoms with Crippen LogP contribution in [0.1, 0.15) is 26.7 Å². The molecule has 0 fully saturated rings. The molecule has 0 radical (unpaired) electrons. The first kappa shape index (κ1) is 12.9. The molecule has 1 atom stereocenters. The molecule has 0 saturated heterocycles. The summed E-state index contributed by atoms with van der Waals surface area (Å²) in [5, 5.41) is 2.57. The molecule has 1 amide bonds. The molecule has 5 nitrogen and oxygen atoms in total. The Morgan fingerprint density at radius 1 is 1.50 bits per heavy atom. The van der Waals surface area contributed by atoms with Gasteiger partial charge in [-0.15, -0.1) is 0 Å². The summed E-state index contributed by atoms with van der Waals surface area (Å²) >= 11 is 0. The molecule has 0 aliphatic heterocycles. The third kappa shape index (κ3) is 4.23. The van der Waals surface area contributed by atoms with Crippen LogP contribution < -0.4 is 11.1 Å². The number of esters is 1. The fourth-order valence-electron chi connectivity index (χ4n) is 0.743. The molecule has 0 bridgehead atoms. The zero-order chi connectivity index (χ0) is 11.2. The highest BCUT2D eigenvalue weighted by atomic mass is 16.5. The van der Waals surface area contributed by atoms with Crippen molar-refractivity contribution in [1.82, 2.24) is 5.32 Å². The van der Waals surface area contributed by atoms with Gasteiger partial charge in [-0.25, -0.2) is 0 Å². The van der Waals surface area contributed by atoms with Crippen molar-refractivity contribution in [2.24, 2.45) is 5.73 Å². The van der Waals surface area contributed by atoms with Gasteiger partial charge in [0.25, 0.3) is 0 Å². The summed E-state index contributed by atoms with van der Waals surface area (Å²) in [6.07, 6.45) is 0.721. The fourth-order valence-corrected chi connectivity index (χ4v) is 0.743. The van der Waals surface area contributed by atoms with Crippen LogP contribution in [0.5, 0.6) is 0 Å². The smallest absolute Gasteiger partial charge is 0.307 e. The van der Waals surface area contributed by atoms with E-state index in [1.165, 1.54) is 7.11 Å². The third-order valence-corrected chi connectivity index (χ3v) is 2.10. The van der Waals surface area contributed by atoms with Crippen LogP contribution >= 0.6 is 0 Å². The Morgan fingerprint density at radius 2 is 2.07 bits per heavy atom. The molecule has 14 heavy (non-hydrogen) atoms. The molecule has 0 aromatic rings. The minimum absolute atomic E-state index is 0.169. The highest BCUT2D eigenvalue weighted by Crippen LogP contribution is 2.03. The number of hydrogen-bond donors (Lipinski definition) is 2. The van der Waals surface area contributed by atoms with Gasteiger partial charge >= 0.3 is 5.97 Å². The van der Waals surface area contributed by atoms with Crippen LogP contribution in [-0.2, 0) is 14.3 Å². The number of rotatable bonds is 5. The quantitative estimate of drug-likeness (QED) is 0.604. The lowest BCUT2D eigenvalue weighted by atomic mass is 10.00. The van der Waals surface area contributed by atoms with Gasteiger partial charge in [-0.05, 0) is 13.3 Å². The van der Waals surface area contributed by atoms with Gasteiger partial charge < -0.3 is 15.8 Å². The number of carbonyl (C=O) groups is 2. The number of hydrogen-bond acceptors (Lipinski definition) is 4. The van der Waals surface area contributed by atoms with Gasteiger partial charge in [-0.3, -0.25) is 9.59 Å². The molecule has 1 unspecified atom stereocenters. The summed E-state index contributed by atoms with van der Waals surface area (Å²) in [5.74, 6) is -0.593. The van der Waals surface area contributed by atoms with Crippen LogP contribution in [0.15, 0.2) is 0 Å². The second-order valence-corrected chi connectivity index (χ2v) is 3.35. The van der Waals surface area contributed by atoms with Crippen molar-refractivity contribution >= 4 is 11.9 Å². The van der Waals surface area contributed by atoms with E-state index in [0.29, 0.717) is 6.42 Å². The average Bonchev–Trinajstić information content (AvgIpc) is 2.17. The molecule has 0 rings (SSSR count). The minimum atomic E-state index is -0.865. The van der Waals surface area contributed by atoms with Crippen molar-refractivity contribution in [2.45, 2.75) is 32.2 Å². The lowest BCUT2D eigenvalue weighted by Crippen LogP contribution is -2.51. The van der Waals surface area contributed by atoms with Gasteiger partial charge in [0.2, 0.25) is 5.91 Å². The van der Waals surface area contributed by atoms with E-state index >= 15 is 0 Å². The van der Waals surface area contributed by atoms with Crippen LogP contribution in [-0.4, -0.2) is 31.1 Å². The molecule has 0 aromatic heterocycles. The Hall–Kier alpha value is -1.10. The zero-order valence-electron chi connectivity index (χ0n) is 8.92. The van der Waals surface area contributed by atoms with E-state index in [1.807, 2.05) is 6.92 Å². The average molecular weight is 202 g/mol. The molecule has 82 valence electrons. The lowest BCUT2D eigenvalue weighted by molar-refractivity contribution is -0.140. The van der Waals surface area contributed by atoms with E-state index in [0.717, 1.165) is 0 Å². The maximum absolute atomic E-state index is 11.4. The summed E-state index contributed by atoms with van der Waals surface area (Å²) < 4.78 is 4.42. The summed E-state index contributed by atoms with van der Waals surface area (Å²) in [4.78, 5) is 22.1. The standard InChI is InChI=1S/C9H18N2O3/c1-4-9(2,10)8(13)11-6-5-7(12)14-3/h4-6,10H2,1-3H3,(H,11,13). The van der Waals surface area contributed by atoms with Crippen molar-refractivity contribution in [3.63, 3.8) is 0 Å². The number of methoxy groups -OCH3 is 1. The van der Waals surface area contributed by atoms with Crippen LogP contribution in [0.2, 0.25) is 0 Å².